The molecule has 174 valence electrons. The Kier molecular flexibility index (Phi) is 8.82. The summed E-state index contributed by atoms with van der Waals surface area (Å²) >= 11 is 0. The van der Waals surface area contributed by atoms with E-state index in [-0.39, 0.29) is 6.54 Å². The van der Waals surface area contributed by atoms with Gasteiger partial charge in [0.1, 0.15) is 0 Å². The highest BCUT2D eigenvalue weighted by molar-refractivity contribution is 5.81. The number of hydrogen-bond acceptors (Lipinski definition) is 6. The maximum atomic E-state index is 9.47. The van der Waals surface area contributed by atoms with Crippen molar-refractivity contribution in [2.45, 2.75) is 19.8 Å². The van der Waals surface area contributed by atoms with Crippen LogP contribution >= 0.6 is 0 Å². The maximum Gasteiger partial charge on any atom is 0.231 e. The first-order chi connectivity index (χ1) is 16.5. The predicted octanol–water partition coefficient (Wildman–Crippen LogP) is 4.16. The van der Waals surface area contributed by atoms with E-state index in [4.69, 9.17) is 10.7 Å². The Morgan fingerprint density at radius 1 is 1.00 bits per heavy atom. The lowest BCUT2D eigenvalue weighted by Crippen LogP contribution is -2.21. The molecule has 7 heteroatoms. The standard InChI is InChI=1S/C25H24N4.C2H6N2O/c1-18-7-6-10-22(15-18)23-17-28-25(29-24(23)21-11-13-26-14-12-21)27-16-19(2)20-8-4-3-5-9-20;3-1-2(4)5/h3-15,17,19H,16H2,1-2H3,(H,27,28,29);1,3H2,(H2,4,5). The number of benzene rings is 2. The summed E-state index contributed by atoms with van der Waals surface area (Å²) in [5.74, 6) is 0.529. The number of carbonyl (C=O) groups excluding carboxylic acids is 1. The SMILES string of the molecule is Cc1cccc(-c2cnc(NCC(C)c3ccccc3)nc2-c2ccncc2)c1.NCC(N)=O. The zero-order chi connectivity index (χ0) is 24.3. The number of nitrogens with zero attached hydrogens (tertiary/aromatic N) is 3. The van der Waals surface area contributed by atoms with E-state index in [1.807, 2.05) is 24.4 Å². The number of pyridine rings is 1. The van der Waals surface area contributed by atoms with Gasteiger partial charge in [-0.1, -0.05) is 67.1 Å². The Labute approximate surface area is 200 Å². The zero-order valence-electron chi connectivity index (χ0n) is 19.5. The monoisotopic (exact) mass is 454 g/mol. The van der Waals surface area contributed by atoms with Gasteiger partial charge in [0.15, 0.2) is 0 Å². The minimum absolute atomic E-state index is 0.0556. The number of aromatic nitrogens is 3. The van der Waals surface area contributed by atoms with Crippen molar-refractivity contribution in [1.29, 1.82) is 0 Å². The molecule has 0 saturated carbocycles. The van der Waals surface area contributed by atoms with Gasteiger partial charge in [0.25, 0.3) is 0 Å². The van der Waals surface area contributed by atoms with Gasteiger partial charge in [0, 0.05) is 36.3 Å². The lowest BCUT2D eigenvalue weighted by Gasteiger charge is -2.15. The summed E-state index contributed by atoms with van der Waals surface area (Å²) in [7, 11) is 0. The molecule has 0 aliphatic carbocycles. The number of carbonyl (C=O) groups is 1. The van der Waals surface area contributed by atoms with Gasteiger partial charge in [-0.3, -0.25) is 9.78 Å². The first-order valence-corrected chi connectivity index (χ1v) is 11.1. The van der Waals surface area contributed by atoms with Gasteiger partial charge in [-0.15, -0.1) is 0 Å². The minimum Gasteiger partial charge on any atom is -0.369 e. The number of rotatable bonds is 7. The molecule has 1 unspecified atom stereocenters. The summed E-state index contributed by atoms with van der Waals surface area (Å²) in [6, 6.07) is 22.9. The molecule has 0 saturated heterocycles. The molecule has 0 radical (unpaired) electrons. The van der Waals surface area contributed by atoms with Crippen LogP contribution in [-0.4, -0.2) is 33.9 Å². The van der Waals surface area contributed by atoms with Crippen molar-refractivity contribution < 1.29 is 4.79 Å². The van der Waals surface area contributed by atoms with E-state index in [1.165, 1.54) is 11.1 Å². The van der Waals surface area contributed by atoms with Crippen molar-refractivity contribution in [3.05, 3.63) is 96.4 Å². The lowest BCUT2D eigenvalue weighted by atomic mass is 10.00. The van der Waals surface area contributed by atoms with E-state index in [0.717, 1.165) is 28.9 Å². The van der Waals surface area contributed by atoms with E-state index in [0.29, 0.717) is 11.9 Å². The van der Waals surface area contributed by atoms with E-state index >= 15 is 0 Å². The van der Waals surface area contributed by atoms with Gasteiger partial charge in [-0.05, 0) is 36.1 Å². The molecule has 0 aliphatic rings. The van der Waals surface area contributed by atoms with Gasteiger partial charge in [0.2, 0.25) is 11.9 Å². The number of nitrogens with one attached hydrogen (secondary N) is 1. The second-order valence-electron chi connectivity index (χ2n) is 7.92. The van der Waals surface area contributed by atoms with Crippen molar-refractivity contribution in [3.63, 3.8) is 0 Å². The van der Waals surface area contributed by atoms with Crippen LogP contribution in [0.2, 0.25) is 0 Å². The number of anilines is 1. The molecule has 1 atom stereocenters. The first-order valence-electron chi connectivity index (χ1n) is 11.1. The molecule has 0 spiro atoms. The third-order valence-corrected chi connectivity index (χ3v) is 5.21. The molecular formula is C27H30N6O. The van der Waals surface area contributed by atoms with Gasteiger partial charge < -0.3 is 16.8 Å². The number of hydrogen-bond donors (Lipinski definition) is 3. The van der Waals surface area contributed by atoms with Crippen LogP contribution in [0.1, 0.15) is 24.0 Å². The highest BCUT2D eigenvalue weighted by Gasteiger charge is 2.13. The van der Waals surface area contributed by atoms with Gasteiger partial charge in [-0.25, -0.2) is 9.97 Å². The molecule has 4 aromatic rings. The zero-order valence-corrected chi connectivity index (χ0v) is 19.5. The summed E-state index contributed by atoms with van der Waals surface area (Å²) in [6.45, 7) is 5.01. The van der Waals surface area contributed by atoms with Crippen molar-refractivity contribution in [2.75, 3.05) is 18.4 Å². The second-order valence-corrected chi connectivity index (χ2v) is 7.92. The number of amides is 1. The molecule has 2 heterocycles. The summed E-state index contributed by atoms with van der Waals surface area (Å²) in [5, 5.41) is 3.41. The van der Waals surface area contributed by atoms with Crippen molar-refractivity contribution >= 4 is 11.9 Å². The van der Waals surface area contributed by atoms with Crippen LogP contribution in [0, 0.1) is 6.92 Å². The molecule has 4 rings (SSSR count). The topological polar surface area (TPSA) is 120 Å². The summed E-state index contributed by atoms with van der Waals surface area (Å²) in [5.41, 5.74) is 15.8. The third kappa shape index (κ3) is 6.95. The van der Waals surface area contributed by atoms with Crippen LogP contribution in [-0.2, 0) is 4.79 Å². The highest BCUT2D eigenvalue weighted by Crippen LogP contribution is 2.31. The van der Waals surface area contributed by atoms with Crippen LogP contribution in [0.15, 0.2) is 85.3 Å². The van der Waals surface area contributed by atoms with Crippen molar-refractivity contribution in [2.24, 2.45) is 11.5 Å². The third-order valence-electron chi connectivity index (χ3n) is 5.21. The summed E-state index contributed by atoms with van der Waals surface area (Å²) in [4.78, 5) is 23.1. The van der Waals surface area contributed by atoms with Gasteiger partial charge >= 0.3 is 0 Å². The molecule has 2 aromatic heterocycles. The number of nitrogens with two attached hydrogens (primary N) is 2. The quantitative estimate of drug-likeness (QED) is 0.386. The minimum atomic E-state index is -0.468. The van der Waals surface area contributed by atoms with Crippen LogP contribution in [0.3, 0.4) is 0 Å². The molecule has 1 amide bonds. The Bertz CT molecular complexity index is 1200. The predicted molar refractivity (Wildman–Crippen MR) is 137 cm³/mol. The largest absolute Gasteiger partial charge is 0.369 e. The summed E-state index contributed by atoms with van der Waals surface area (Å²) in [6.07, 6.45) is 5.50. The second kappa shape index (κ2) is 12.2. The number of primary amides is 1. The average molecular weight is 455 g/mol. The fourth-order valence-electron chi connectivity index (χ4n) is 3.36. The number of aryl methyl sites for hydroxylation is 1. The molecule has 34 heavy (non-hydrogen) atoms. The molecule has 0 fully saturated rings. The van der Waals surface area contributed by atoms with Crippen LogP contribution in [0.25, 0.3) is 22.4 Å². The molecular weight excluding hydrogens is 424 g/mol. The normalized spacial score (nSPS) is 11.1. The maximum absolute atomic E-state index is 9.47. The van der Waals surface area contributed by atoms with E-state index in [2.05, 4.69) is 83.4 Å². The van der Waals surface area contributed by atoms with Crippen LogP contribution in [0.4, 0.5) is 5.95 Å². The first kappa shape index (κ1) is 24.5. The van der Waals surface area contributed by atoms with Crippen molar-refractivity contribution in [1.82, 2.24) is 15.0 Å². The highest BCUT2D eigenvalue weighted by atomic mass is 16.1. The van der Waals surface area contributed by atoms with Gasteiger partial charge in [-0.2, -0.15) is 0 Å². The molecule has 5 N–H and O–H groups in total. The Balaban J connectivity index is 0.000000588. The van der Waals surface area contributed by atoms with E-state index < -0.39 is 5.91 Å². The van der Waals surface area contributed by atoms with Crippen molar-refractivity contribution in [3.8, 4) is 22.4 Å². The Hall–Kier alpha value is -4.10. The Morgan fingerprint density at radius 2 is 1.71 bits per heavy atom. The van der Waals surface area contributed by atoms with E-state index in [1.54, 1.807) is 12.4 Å². The lowest BCUT2D eigenvalue weighted by molar-refractivity contribution is -0.116. The van der Waals surface area contributed by atoms with Gasteiger partial charge in [0.05, 0.1) is 12.2 Å². The van der Waals surface area contributed by atoms with E-state index in [9.17, 15) is 4.79 Å². The summed E-state index contributed by atoms with van der Waals surface area (Å²) < 4.78 is 0. The van der Waals surface area contributed by atoms with Crippen LogP contribution < -0.4 is 16.8 Å². The van der Waals surface area contributed by atoms with Crippen LogP contribution in [0.5, 0.6) is 0 Å². The molecule has 0 aliphatic heterocycles. The fraction of sp³-hybridized carbons (Fsp3) is 0.185. The molecule has 0 bridgehead atoms. The fourth-order valence-corrected chi connectivity index (χ4v) is 3.36. The molecule has 2 aromatic carbocycles. The molecule has 7 nitrogen and oxygen atoms in total. The average Bonchev–Trinajstić information content (AvgIpc) is 2.88. The Morgan fingerprint density at radius 3 is 2.35 bits per heavy atom. The smallest absolute Gasteiger partial charge is 0.231 e.